The number of methoxy groups -OCH3 is 1. The quantitative estimate of drug-likeness (QED) is 0.484. The van der Waals surface area contributed by atoms with Crippen LogP contribution < -0.4 is 4.74 Å². The molecule has 6 heteroatoms. The molecule has 0 aliphatic rings. The Hall–Kier alpha value is -0.910. The van der Waals surface area contributed by atoms with Gasteiger partial charge in [-0.05, 0) is 18.4 Å². The Morgan fingerprint density at radius 1 is 1.22 bits per heavy atom. The Labute approximate surface area is 119 Å². The second-order valence-electron chi connectivity index (χ2n) is 3.27. The van der Waals surface area contributed by atoms with Gasteiger partial charge >= 0.3 is 0 Å². The number of para-hydroxylation sites is 1. The summed E-state index contributed by atoms with van der Waals surface area (Å²) in [6, 6.07) is 9.55. The monoisotopic (exact) mass is 298 g/mol. The fourth-order valence-corrected chi connectivity index (χ4v) is 3.00. The Bertz CT molecular complexity index is 551. The van der Waals surface area contributed by atoms with Gasteiger partial charge in [-0.2, -0.15) is 0 Å². The molecule has 0 bridgehead atoms. The van der Waals surface area contributed by atoms with Gasteiger partial charge in [-0.1, -0.05) is 47.3 Å². The molecule has 0 saturated heterocycles. The molecular weight excluding hydrogens is 288 g/mol. The van der Waals surface area contributed by atoms with E-state index in [-0.39, 0.29) is 0 Å². The summed E-state index contributed by atoms with van der Waals surface area (Å²) < 4.78 is 5.30. The molecule has 94 valence electrons. The first-order valence-corrected chi connectivity index (χ1v) is 7.54. The van der Waals surface area contributed by atoms with E-state index in [2.05, 4.69) is 9.97 Å². The van der Waals surface area contributed by atoms with Crippen molar-refractivity contribution < 1.29 is 4.74 Å². The minimum atomic E-state index is 0.451. The van der Waals surface area contributed by atoms with Crippen molar-refractivity contribution in [2.24, 2.45) is 0 Å². The molecule has 0 aliphatic heterocycles. The van der Waals surface area contributed by atoms with E-state index in [1.54, 1.807) is 13.2 Å². The number of halogens is 1. The van der Waals surface area contributed by atoms with Crippen molar-refractivity contribution in [3.05, 3.63) is 35.5 Å². The van der Waals surface area contributed by atoms with Crippen LogP contribution in [0.5, 0.6) is 5.75 Å². The zero-order valence-corrected chi connectivity index (χ0v) is 12.3. The van der Waals surface area contributed by atoms with E-state index < -0.39 is 0 Å². The molecule has 18 heavy (non-hydrogen) atoms. The lowest BCUT2D eigenvalue weighted by molar-refractivity contribution is 0.405. The third-order valence-corrected chi connectivity index (χ3v) is 3.83. The predicted molar refractivity (Wildman–Crippen MR) is 75.9 cm³/mol. The number of hydrogen-bond donors (Lipinski definition) is 0. The van der Waals surface area contributed by atoms with Gasteiger partial charge in [0.1, 0.15) is 15.9 Å². The molecule has 0 aliphatic carbocycles. The summed E-state index contributed by atoms with van der Waals surface area (Å²) in [5.74, 6) is 0.822. The molecule has 2 rings (SSSR count). The lowest BCUT2D eigenvalue weighted by atomic mass is 10.3. The largest absolute Gasteiger partial charge is 0.496 e. The molecule has 0 unspecified atom stereocenters. The van der Waals surface area contributed by atoms with Crippen LogP contribution in [0.4, 0.5) is 0 Å². The van der Waals surface area contributed by atoms with E-state index in [0.29, 0.717) is 10.3 Å². The number of aromatic nitrogens is 2. The van der Waals surface area contributed by atoms with Crippen molar-refractivity contribution in [1.82, 2.24) is 9.97 Å². The highest BCUT2D eigenvalue weighted by Crippen LogP contribution is 2.34. The fourth-order valence-electron chi connectivity index (χ4n) is 1.34. The van der Waals surface area contributed by atoms with E-state index in [9.17, 15) is 0 Å². The van der Waals surface area contributed by atoms with Crippen molar-refractivity contribution in [3.8, 4) is 5.75 Å². The van der Waals surface area contributed by atoms with Crippen LogP contribution in [0.25, 0.3) is 0 Å². The van der Waals surface area contributed by atoms with Crippen LogP contribution in [-0.2, 0) is 0 Å². The van der Waals surface area contributed by atoms with Gasteiger partial charge in [-0.3, -0.25) is 0 Å². The minimum absolute atomic E-state index is 0.451. The highest BCUT2D eigenvalue weighted by atomic mass is 35.5. The van der Waals surface area contributed by atoms with E-state index in [0.717, 1.165) is 15.7 Å². The normalized spacial score (nSPS) is 10.4. The maximum atomic E-state index is 5.96. The first kappa shape index (κ1) is 13.5. The lowest BCUT2D eigenvalue weighted by Crippen LogP contribution is -1.90. The van der Waals surface area contributed by atoms with Gasteiger partial charge in [-0.15, -0.1) is 0 Å². The molecule has 0 saturated carbocycles. The van der Waals surface area contributed by atoms with Crippen molar-refractivity contribution >= 4 is 35.1 Å². The van der Waals surface area contributed by atoms with Crippen LogP contribution in [0.3, 0.4) is 0 Å². The standard InChI is InChI=1S/C12H11ClN2OS2/c1-16-8-5-3-4-6-9(8)18-11-7-10(13)14-12(15-11)17-2/h3-7H,1-2H3. The van der Waals surface area contributed by atoms with Crippen LogP contribution in [-0.4, -0.2) is 23.3 Å². The summed E-state index contributed by atoms with van der Waals surface area (Å²) in [5, 5.41) is 1.93. The van der Waals surface area contributed by atoms with Gasteiger partial charge in [0.2, 0.25) is 0 Å². The topological polar surface area (TPSA) is 35.0 Å². The van der Waals surface area contributed by atoms with Crippen LogP contribution in [0, 0.1) is 0 Å². The van der Waals surface area contributed by atoms with Crippen LogP contribution in [0.1, 0.15) is 0 Å². The number of benzene rings is 1. The SMILES string of the molecule is COc1ccccc1Sc1cc(Cl)nc(SC)n1. The Kier molecular flexibility index (Phi) is 4.74. The van der Waals surface area contributed by atoms with Crippen LogP contribution in [0.2, 0.25) is 5.15 Å². The van der Waals surface area contributed by atoms with Gasteiger partial charge in [0.25, 0.3) is 0 Å². The van der Waals surface area contributed by atoms with E-state index in [1.807, 2.05) is 30.5 Å². The zero-order valence-electron chi connectivity index (χ0n) is 9.88. The van der Waals surface area contributed by atoms with E-state index >= 15 is 0 Å². The number of hydrogen-bond acceptors (Lipinski definition) is 5. The molecule has 0 N–H and O–H groups in total. The van der Waals surface area contributed by atoms with Crippen LogP contribution >= 0.6 is 35.1 Å². The highest BCUT2D eigenvalue weighted by molar-refractivity contribution is 7.99. The molecular formula is C12H11ClN2OS2. The molecule has 0 radical (unpaired) electrons. The maximum absolute atomic E-state index is 5.96. The Morgan fingerprint density at radius 2 is 2.00 bits per heavy atom. The predicted octanol–water partition coefficient (Wildman–Crippen LogP) is 4.01. The van der Waals surface area contributed by atoms with Crippen molar-refractivity contribution in [3.63, 3.8) is 0 Å². The summed E-state index contributed by atoms with van der Waals surface area (Å²) in [6.07, 6.45) is 1.92. The van der Waals surface area contributed by atoms with Gasteiger partial charge < -0.3 is 4.74 Å². The average molecular weight is 299 g/mol. The number of thioether (sulfide) groups is 1. The fraction of sp³-hybridized carbons (Fsp3) is 0.167. The second-order valence-corrected chi connectivity index (χ2v) is 5.49. The van der Waals surface area contributed by atoms with Gasteiger partial charge in [0, 0.05) is 6.07 Å². The highest BCUT2D eigenvalue weighted by Gasteiger charge is 2.08. The number of ether oxygens (including phenoxy) is 1. The van der Waals surface area contributed by atoms with Crippen molar-refractivity contribution in [2.45, 2.75) is 15.1 Å². The smallest absolute Gasteiger partial charge is 0.189 e. The lowest BCUT2D eigenvalue weighted by Gasteiger charge is -2.07. The first-order valence-electron chi connectivity index (χ1n) is 5.12. The molecule has 1 aromatic heterocycles. The van der Waals surface area contributed by atoms with E-state index in [1.165, 1.54) is 23.5 Å². The summed E-state index contributed by atoms with van der Waals surface area (Å²) in [6.45, 7) is 0. The molecule has 2 aromatic rings. The summed E-state index contributed by atoms with van der Waals surface area (Å²) in [7, 11) is 1.65. The number of nitrogens with zero attached hydrogens (tertiary/aromatic N) is 2. The number of rotatable bonds is 4. The summed E-state index contributed by atoms with van der Waals surface area (Å²) in [4.78, 5) is 9.51. The van der Waals surface area contributed by atoms with Crippen LogP contribution in [0.15, 0.2) is 45.4 Å². The van der Waals surface area contributed by atoms with Gasteiger partial charge in [0.05, 0.1) is 12.0 Å². The molecule has 1 heterocycles. The Morgan fingerprint density at radius 3 is 2.72 bits per heavy atom. The molecule has 0 fully saturated rings. The van der Waals surface area contributed by atoms with Gasteiger partial charge in [-0.25, -0.2) is 9.97 Å². The first-order chi connectivity index (χ1) is 8.72. The Balaban J connectivity index is 2.30. The molecule has 0 atom stereocenters. The summed E-state index contributed by atoms with van der Waals surface area (Å²) >= 11 is 8.93. The van der Waals surface area contributed by atoms with Crippen molar-refractivity contribution in [2.75, 3.05) is 13.4 Å². The average Bonchev–Trinajstić information content (AvgIpc) is 2.38. The molecule has 3 nitrogen and oxygen atoms in total. The maximum Gasteiger partial charge on any atom is 0.189 e. The van der Waals surface area contributed by atoms with Crippen molar-refractivity contribution in [1.29, 1.82) is 0 Å². The van der Waals surface area contributed by atoms with E-state index in [4.69, 9.17) is 16.3 Å². The summed E-state index contributed by atoms with van der Waals surface area (Å²) in [5.41, 5.74) is 0. The molecule has 0 amide bonds. The molecule has 1 aromatic carbocycles. The zero-order chi connectivity index (χ0) is 13.0. The van der Waals surface area contributed by atoms with Gasteiger partial charge in [0.15, 0.2) is 5.16 Å². The molecule has 0 spiro atoms. The third kappa shape index (κ3) is 3.31. The second kappa shape index (κ2) is 6.31. The minimum Gasteiger partial charge on any atom is -0.496 e. The third-order valence-electron chi connectivity index (χ3n) is 2.12.